The Morgan fingerprint density at radius 3 is 2.85 bits per heavy atom. The van der Waals surface area contributed by atoms with Gasteiger partial charge in [0.15, 0.2) is 5.13 Å². The first-order valence-electron chi connectivity index (χ1n) is 6.90. The van der Waals surface area contributed by atoms with Crippen LogP contribution in [0.3, 0.4) is 0 Å². The molecule has 1 aromatic rings. The molecule has 1 saturated heterocycles. The summed E-state index contributed by atoms with van der Waals surface area (Å²) in [6.45, 7) is 3.74. The fraction of sp³-hybridized carbons (Fsp3) is 0.692. The van der Waals surface area contributed by atoms with Crippen molar-refractivity contribution in [3.63, 3.8) is 0 Å². The summed E-state index contributed by atoms with van der Waals surface area (Å²) in [4.78, 5) is 20.6. The SMILES string of the molecule is COCCCC(N)C(=O)N1CCN(c2nccs2)CC1. The number of hydrogen-bond donors (Lipinski definition) is 1. The zero-order valence-corrected chi connectivity index (χ0v) is 12.6. The van der Waals surface area contributed by atoms with Crippen LogP contribution < -0.4 is 10.6 Å². The van der Waals surface area contributed by atoms with Crippen LogP contribution >= 0.6 is 11.3 Å². The van der Waals surface area contributed by atoms with Crippen LogP contribution in [0.5, 0.6) is 0 Å². The molecule has 0 aliphatic carbocycles. The summed E-state index contributed by atoms with van der Waals surface area (Å²) in [7, 11) is 1.66. The zero-order chi connectivity index (χ0) is 14.4. The third kappa shape index (κ3) is 3.91. The summed E-state index contributed by atoms with van der Waals surface area (Å²) in [6.07, 6.45) is 3.31. The molecule has 0 bridgehead atoms. The van der Waals surface area contributed by atoms with E-state index in [1.165, 1.54) is 0 Å². The van der Waals surface area contributed by atoms with Crippen LogP contribution in [0.15, 0.2) is 11.6 Å². The highest BCUT2D eigenvalue weighted by Gasteiger charge is 2.25. The summed E-state index contributed by atoms with van der Waals surface area (Å²) < 4.78 is 4.98. The first-order chi connectivity index (χ1) is 9.72. The number of thiazole rings is 1. The second-order valence-corrected chi connectivity index (χ2v) is 5.74. The molecule has 2 N–H and O–H groups in total. The number of nitrogens with two attached hydrogens (primary N) is 1. The highest BCUT2D eigenvalue weighted by Crippen LogP contribution is 2.19. The molecule has 1 fully saturated rings. The van der Waals surface area contributed by atoms with Crippen LogP contribution in [-0.2, 0) is 9.53 Å². The Kier molecular flexibility index (Phi) is 5.75. The van der Waals surface area contributed by atoms with E-state index in [2.05, 4.69) is 9.88 Å². The Bertz CT molecular complexity index is 405. The van der Waals surface area contributed by atoms with E-state index in [0.29, 0.717) is 13.0 Å². The molecule has 1 aromatic heterocycles. The molecule has 1 unspecified atom stereocenters. The van der Waals surface area contributed by atoms with Gasteiger partial charge in [-0.2, -0.15) is 0 Å². The molecule has 7 heteroatoms. The Morgan fingerprint density at radius 2 is 2.25 bits per heavy atom. The van der Waals surface area contributed by atoms with Crippen molar-refractivity contribution in [2.24, 2.45) is 5.73 Å². The number of aromatic nitrogens is 1. The van der Waals surface area contributed by atoms with Crippen molar-refractivity contribution in [2.45, 2.75) is 18.9 Å². The van der Waals surface area contributed by atoms with Gasteiger partial charge in [-0.05, 0) is 12.8 Å². The standard InChI is InChI=1S/C13H22N4O2S/c1-19-9-2-3-11(14)12(18)16-5-7-17(8-6-16)13-15-4-10-20-13/h4,10-11H,2-3,5-9,14H2,1H3. The normalized spacial score (nSPS) is 17.3. The van der Waals surface area contributed by atoms with Crippen molar-refractivity contribution in [2.75, 3.05) is 44.8 Å². The lowest BCUT2D eigenvalue weighted by molar-refractivity contribution is -0.133. The first-order valence-corrected chi connectivity index (χ1v) is 7.78. The molecule has 0 saturated carbocycles. The average molecular weight is 298 g/mol. The third-order valence-corrected chi connectivity index (χ3v) is 4.29. The molecule has 112 valence electrons. The first kappa shape index (κ1) is 15.2. The number of ether oxygens (including phenoxy) is 1. The van der Waals surface area contributed by atoms with E-state index in [0.717, 1.165) is 37.7 Å². The quantitative estimate of drug-likeness (QED) is 0.776. The van der Waals surface area contributed by atoms with Crippen LogP contribution in [0, 0.1) is 0 Å². The molecule has 20 heavy (non-hydrogen) atoms. The Morgan fingerprint density at radius 1 is 1.50 bits per heavy atom. The summed E-state index contributed by atoms with van der Waals surface area (Å²) in [6, 6.07) is -0.406. The predicted molar refractivity (Wildman–Crippen MR) is 80.0 cm³/mol. The number of anilines is 1. The van der Waals surface area contributed by atoms with E-state index in [1.807, 2.05) is 16.5 Å². The number of nitrogens with zero attached hydrogens (tertiary/aromatic N) is 3. The minimum atomic E-state index is -0.406. The molecule has 1 aliphatic rings. The van der Waals surface area contributed by atoms with Gasteiger partial charge in [0.05, 0.1) is 6.04 Å². The van der Waals surface area contributed by atoms with Crippen LogP contribution in [0.1, 0.15) is 12.8 Å². The number of carbonyl (C=O) groups is 1. The van der Waals surface area contributed by atoms with E-state index < -0.39 is 6.04 Å². The minimum Gasteiger partial charge on any atom is -0.385 e. The Labute approximate surface area is 123 Å². The van der Waals surface area contributed by atoms with Crippen LogP contribution in [-0.4, -0.2) is 61.7 Å². The molecular formula is C13H22N4O2S. The fourth-order valence-corrected chi connectivity index (χ4v) is 2.99. The summed E-state index contributed by atoms with van der Waals surface area (Å²) in [5.41, 5.74) is 5.95. The molecule has 2 rings (SSSR count). The van der Waals surface area contributed by atoms with Gasteiger partial charge in [-0.3, -0.25) is 4.79 Å². The van der Waals surface area contributed by atoms with E-state index >= 15 is 0 Å². The van der Waals surface area contributed by atoms with Crippen molar-refractivity contribution in [1.82, 2.24) is 9.88 Å². The predicted octanol–water partition coefficient (Wildman–Crippen LogP) is 0.546. The van der Waals surface area contributed by atoms with Crippen molar-refractivity contribution in [1.29, 1.82) is 0 Å². The van der Waals surface area contributed by atoms with E-state index in [4.69, 9.17) is 10.5 Å². The van der Waals surface area contributed by atoms with Gasteiger partial charge in [0, 0.05) is 51.5 Å². The maximum absolute atomic E-state index is 12.2. The van der Waals surface area contributed by atoms with Crippen molar-refractivity contribution < 1.29 is 9.53 Å². The topological polar surface area (TPSA) is 71.7 Å². The largest absolute Gasteiger partial charge is 0.385 e. The van der Waals surface area contributed by atoms with E-state index in [1.54, 1.807) is 18.4 Å². The lowest BCUT2D eigenvalue weighted by Gasteiger charge is -2.35. The Hall–Kier alpha value is -1.18. The second kappa shape index (κ2) is 7.56. The van der Waals surface area contributed by atoms with Crippen molar-refractivity contribution in [3.05, 3.63) is 11.6 Å². The molecule has 2 heterocycles. The van der Waals surface area contributed by atoms with Gasteiger partial charge in [0.1, 0.15) is 0 Å². The van der Waals surface area contributed by atoms with Crippen molar-refractivity contribution >= 4 is 22.4 Å². The molecule has 1 amide bonds. The maximum atomic E-state index is 12.2. The molecule has 1 aliphatic heterocycles. The number of carbonyl (C=O) groups excluding carboxylic acids is 1. The molecule has 0 spiro atoms. The minimum absolute atomic E-state index is 0.0555. The molecule has 0 radical (unpaired) electrons. The van der Waals surface area contributed by atoms with Gasteiger partial charge in [-0.1, -0.05) is 0 Å². The summed E-state index contributed by atoms with van der Waals surface area (Å²) in [5.74, 6) is 0.0555. The highest BCUT2D eigenvalue weighted by atomic mass is 32.1. The molecule has 0 aromatic carbocycles. The number of hydrogen-bond acceptors (Lipinski definition) is 6. The van der Waals surface area contributed by atoms with Gasteiger partial charge in [0.25, 0.3) is 0 Å². The smallest absolute Gasteiger partial charge is 0.239 e. The number of piperazine rings is 1. The van der Waals surface area contributed by atoms with Crippen LogP contribution in [0.25, 0.3) is 0 Å². The molecule has 6 nitrogen and oxygen atoms in total. The average Bonchev–Trinajstić information content (AvgIpc) is 3.01. The van der Waals surface area contributed by atoms with E-state index in [-0.39, 0.29) is 5.91 Å². The van der Waals surface area contributed by atoms with Crippen LogP contribution in [0.4, 0.5) is 5.13 Å². The lowest BCUT2D eigenvalue weighted by Crippen LogP contribution is -2.53. The second-order valence-electron chi connectivity index (χ2n) is 4.87. The molecular weight excluding hydrogens is 276 g/mol. The summed E-state index contributed by atoms with van der Waals surface area (Å²) >= 11 is 1.63. The fourth-order valence-electron chi connectivity index (χ4n) is 2.30. The number of amides is 1. The van der Waals surface area contributed by atoms with Gasteiger partial charge < -0.3 is 20.3 Å². The van der Waals surface area contributed by atoms with Crippen molar-refractivity contribution in [3.8, 4) is 0 Å². The molecule has 1 atom stereocenters. The number of methoxy groups -OCH3 is 1. The van der Waals surface area contributed by atoms with Gasteiger partial charge in [-0.25, -0.2) is 4.98 Å². The van der Waals surface area contributed by atoms with Gasteiger partial charge in [-0.15, -0.1) is 11.3 Å². The van der Waals surface area contributed by atoms with Crippen LogP contribution in [0.2, 0.25) is 0 Å². The Balaban J connectivity index is 1.76. The monoisotopic (exact) mass is 298 g/mol. The number of rotatable bonds is 6. The maximum Gasteiger partial charge on any atom is 0.239 e. The van der Waals surface area contributed by atoms with E-state index in [9.17, 15) is 4.79 Å². The third-order valence-electron chi connectivity index (χ3n) is 3.46. The lowest BCUT2D eigenvalue weighted by atomic mass is 10.1. The zero-order valence-electron chi connectivity index (χ0n) is 11.8. The highest BCUT2D eigenvalue weighted by molar-refractivity contribution is 7.13. The van der Waals surface area contributed by atoms with Gasteiger partial charge in [0.2, 0.25) is 5.91 Å². The summed E-state index contributed by atoms with van der Waals surface area (Å²) in [5, 5.41) is 3.00. The van der Waals surface area contributed by atoms with Gasteiger partial charge >= 0.3 is 0 Å².